The fraction of sp³-hybridized carbons (Fsp3) is 0.273. The fourth-order valence-corrected chi connectivity index (χ4v) is 1.93. The Hall–Kier alpha value is -1.10. The van der Waals surface area contributed by atoms with Crippen molar-refractivity contribution in [2.24, 2.45) is 0 Å². The molecule has 0 saturated heterocycles. The number of aromatic nitrogens is 3. The average molecular weight is 271 g/mol. The Morgan fingerprint density at radius 3 is 2.94 bits per heavy atom. The number of benzene rings is 1. The summed E-state index contributed by atoms with van der Waals surface area (Å²) in [4.78, 5) is 4.17. The third-order valence-electron chi connectivity index (χ3n) is 2.38. The van der Waals surface area contributed by atoms with E-state index in [2.05, 4.69) is 15.4 Å². The fourth-order valence-electron chi connectivity index (χ4n) is 1.55. The summed E-state index contributed by atoms with van der Waals surface area (Å²) in [5.74, 6) is 0.864. The van der Waals surface area contributed by atoms with Gasteiger partial charge in [0.2, 0.25) is 0 Å². The molecule has 90 valence electrons. The van der Waals surface area contributed by atoms with Crippen molar-refractivity contribution >= 4 is 23.2 Å². The van der Waals surface area contributed by atoms with Crippen LogP contribution in [0.5, 0.6) is 0 Å². The number of halogens is 2. The van der Waals surface area contributed by atoms with Crippen LogP contribution in [-0.4, -0.2) is 21.8 Å². The van der Waals surface area contributed by atoms with Crippen molar-refractivity contribution in [2.75, 3.05) is 7.05 Å². The van der Waals surface area contributed by atoms with E-state index in [1.165, 1.54) is 6.33 Å². The molecule has 0 aliphatic carbocycles. The zero-order valence-corrected chi connectivity index (χ0v) is 10.8. The summed E-state index contributed by atoms with van der Waals surface area (Å²) in [6.07, 6.45) is 1.53. The van der Waals surface area contributed by atoms with Crippen molar-refractivity contribution in [3.05, 3.63) is 46.0 Å². The molecule has 1 N–H and O–H groups in total. The minimum Gasteiger partial charge on any atom is -0.313 e. The van der Waals surface area contributed by atoms with E-state index >= 15 is 0 Å². The van der Waals surface area contributed by atoms with Crippen LogP contribution in [-0.2, 0) is 13.1 Å². The van der Waals surface area contributed by atoms with E-state index < -0.39 is 0 Å². The highest BCUT2D eigenvalue weighted by molar-refractivity contribution is 6.42. The molecule has 1 heterocycles. The van der Waals surface area contributed by atoms with Gasteiger partial charge in [-0.2, -0.15) is 5.10 Å². The van der Waals surface area contributed by atoms with Gasteiger partial charge in [0.15, 0.2) is 0 Å². The number of rotatable bonds is 4. The molecule has 0 unspecified atom stereocenters. The molecule has 0 saturated carbocycles. The summed E-state index contributed by atoms with van der Waals surface area (Å²) < 4.78 is 1.80. The van der Waals surface area contributed by atoms with Crippen molar-refractivity contribution in [3.8, 4) is 0 Å². The summed E-state index contributed by atoms with van der Waals surface area (Å²) >= 11 is 12.1. The van der Waals surface area contributed by atoms with Gasteiger partial charge in [0.1, 0.15) is 12.2 Å². The second-order valence-corrected chi connectivity index (χ2v) is 4.36. The molecule has 4 nitrogen and oxygen atoms in total. The first-order chi connectivity index (χ1) is 8.22. The van der Waals surface area contributed by atoms with Gasteiger partial charge in [-0.25, -0.2) is 9.67 Å². The number of nitrogens with one attached hydrogen (secondary N) is 1. The van der Waals surface area contributed by atoms with Gasteiger partial charge in [0, 0.05) is 0 Å². The van der Waals surface area contributed by atoms with Gasteiger partial charge in [-0.15, -0.1) is 0 Å². The largest absolute Gasteiger partial charge is 0.313 e. The van der Waals surface area contributed by atoms with Gasteiger partial charge in [-0.05, 0) is 18.7 Å². The van der Waals surface area contributed by atoms with Crippen LogP contribution >= 0.6 is 23.2 Å². The zero-order valence-electron chi connectivity index (χ0n) is 9.32. The molecule has 0 fully saturated rings. The minimum absolute atomic E-state index is 0.555. The van der Waals surface area contributed by atoms with Gasteiger partial charge in [0.05, 0.1) is 23.1 Å². The van der Waals surface area contributed by atoms with Crippen LogP contribution in [0.1, 0.15) is 11.4 Å². The van der Waals surface area contributed by atoms with Crippen molar-refractivity contribution < 1.29 is 0 Å². The monoisotopic (exact) mass is 270 g/mol. The molecule has 2 rings (SSSR count). The summed E-state index contributed by atoms with van der Waals surface area (Å²) in [6.45, 7) is 1.23. The molecule has 6 heteroatoms. The average Bonchev–Trinajstić information content (AvgIpc) is 2.73. The first-order valence-electron chi connectivity index (χ1n) is 5.16. The predicted octanol–water partition coefficient (Wildman–Crippen LogP) is 2.35. The van der Waals surface area contributed by atoms with Gasteiger partial charge in [-0.1, -0.05) is 35.3 Å². The van der Waals surface area contributed by atoms with E-state index in [1.807, 2.05) is 19.2 Å². The van der Waals surface area contributed by atoms with Gasteiger partial charge >= 0.3 is 0 Å². The second kappa shape index (κ2) is 5.49. The quantitative estimate of drug-likeness (QED) is 0.928. The zero-order chi connectivity index (χ0) is 12.3. The highest BCUT2D eigenvalue weighted by atomic mass is 35.5. The molecule has 0 atom stereocenters. The van der Waals surface area contributed by atoms with E-state index in [-0.39, 0.29) is 0 Å². The third-order valence-corrected chi connectivity index (χ3v) is 3.24. The molecular weight excluding hydrogens is 259 g/mol. The highest BCUT2D eigenvalue weighted by Crippen LogP contribution is 2.26. The molecule has 0 aliphatic rings. The molecular formula is C11H12Cl2N4. The first kappa shape index (κ1) is 12.4. The third kappa shape index (κ3) is 2.77. The van der Waals surface area contributed by atoms with Crippen molar-refractivity contribution in [3.63, 3.8) is 0 Å². The lowest BCUT2D eigenvalue weighted by Crippen LogP contribution is -2.14. The Morgan fingerprint density at radius 2 is 2.18 bits per heavy atom. The molecule has 0 bridgehead atoms. The molecule has 0 spiro atoms. The van der Waals surface area contributed by atoms with E-state index in [4.69, 9.17) is 23.2 Å². The molecule has 0 radical (unpaired) electrons. The van der Waals surface area contributed by atoms with Gasteiger partial charge in [0.25, 0.3) is 0 Å². The van der Waals surface area contributed by atoms with Crippen LogP contribution in [0.2, 0.25) is 10.0 Å². The number of nitrogens with zero attached hydrogens (tertiary/aromatic N) is 3. The van der Waals surface area contributed by atoms with Crippen molar-refractivity contribution in [2.45, 2.75) is 13.1 Å². The maximum atomic E-state index is 6.13. The Labute approximate surface area is 110 Å². The van der Waals surface area contributed by atoms with Crippen LogP contribution in [0.25, 0.3) is 0 Å². The van der Waals surface area contributed by atoms with Crippen LogP contribution in [0.15, 0.2) is 24.5 Å². The molecule has 1 aromatic heterocycles. The summed E-state index contributed by atoms with van der Waals surface area (Å²) in [7, 11) is 1.87. The Balaban J connectivity index is 2.25. The highest BCUT2D eigenvalue weighted by Gasteiger charge is 2.08. The van der Waals surface area contributed by atoms with E-state index in [9.17, 15) is 0 Å². The van der Waals surface area contributed by atoms with Crippen molar-refractivity contribution in [1.82, 2.24) is 20.1 Å². The molecule has 17 heavy (non-hydrogen) atoms. The van der Waals surface area contributed by atoms with Crippen LogP contribution < -0.4 is 5.32 Å². The molecule has 2 aromatic rings. The maximum absolute atomic E-state index is 6.13. The van der Waals surface area contributed by atoms with E-state index in [0.717, 1.165) is 11.4 Å². The molecule has 1 aromatic carbocycles. The van der Waals surface area contributed by atoms with Crippen LogP contribution in [0, 0.1) is 0 Å². The Bertz CT molecular complexity index is 510. The second-order valence-electron chi connectivity index (χ2n) is 3.58. The minimum atomic E-state index is 0.555. The number of hydrogen-bond donors (Lipinski definition) is 1. The predicted molar refractivity (Wildman–Crippen MR) is 68.3 cm³/mol. The maximum Gasteiger partial charge on any atom is 0.141 e. The Morgan fingerprint density at radius 1 is 1.35 bits per heavy atom. The number of hydrogen-bond acceptors (Lipinski definition) is 3. The summed E-state index contributed by atoms with van der Waals surface area (Å²) in [5.41, 5.74) is 0.932. The van der Waals surface area contributed by atoms with Crippen LogP contribution in [0.4, 0.5) is 0 Å². The van der Waals surface area contributed by atoms with Crippen LogP contribution in [0.3, 0.4) is 0 Å². The van der Waals surface area contributed by atoms with Crippen molar-refractivity contribution in [1.29, 1.82) is 0 Å². The van der Waals surface area contributed by atoms with Gasteiger partial charge in [-0.3, -0.25) is 0 Å². The van der Waals surface area contributed by atoms with Gasteiger partial charge < -0.3 is 5.32 Å². The summed E-state index contributed by atoms with van der Waals surface area (Å²) in [6, 6.07) is 5.57. The molecule has 0 aliphatic heterocycles. The standard InChI is InChI=1S/C11H12Cl2N4/c1-14-5-10-15-7-16-17(10)6-8-3-2-4-9(12)11(8)13/h2-4,7,14H,5-6H2,1H3. The smallest absolute Gasteiger partial charge is 0.141 e. The lowest BCUT2D eigenvalue weighted by molar-refractivity contribution is 0.613. The summed E-state index contributed by atoms with van der Waals surface area (Å²) in [5, 5.41) is 8.33. The van der Waals surface area contributed by atoms with E-state index in [0.29, 0.717) is 23.1 Å². The topological polar surface area (TPSA) is 42.7 Å². The lowest BCUT2D eigenvalue weighted by atomic mass is 10.2. The lowest BCUT2D eigenvalue weighted by Gasteiger charge is -2.08. The Kier molecular flexibility index (Phi) is 3.99. The normalized spacial score (nSPS) is 10.8. The van der Waals surface area contributed by atoms with E-state index in [1.54, 1.807) is 10.7 Å². The SMILES string of the molecule is CNCc1ncnn1Cc1cccc(Cl)c1Cl. The first-order valence-corrected chi connectivity index (χ1v) is 5.92. The molecule has 0 amide bonds.